The van der Waals surface area contributed by atoms with Crippen molar-refractivity contribution in [1.82, 2.24) is 30.0 Å². The lowest BCUT2D eigenvalue weighted by molar-refractivity contribution is -0.236. The molecular formula is C25H32N6O5. The van der Waals surface area contributed by atoms with E-state index in [0.717, 1.165) is 17.1 Å². The topological polar surface area (TPSA) is 108 Å². The molecule has 0 aliphatic carbocycles. The minimum Gasteiger partial charge on any atom is -0.342 e. The summed E-state index contributed by atoms with van der Waals surface area (Å²) in [6.45, 7) is 10.1. The fourth-order valence-electron chi connectivity index (χ4n) is 5.13. The molecule has 3 saturated heterocycles. The van der Waals surface area contributed by atoms with E-state index in [1.165, 1.54) is 5.56 Å². The summed E-state index contributed by atoms with van der Waals surface area (Å²) in [7, 11) is 0. The lowest BCUT2D eigenvalue weighted by atomic mass is 9.99. The van der Waals surface area contributed by atoms with Crippen LogP contribution >= 0.6 is 0 Å². The standard InChI is InChI=1S/C25H32N6O5/c1-15-6-9-17(10-7-15)30-13-16(27-29-30)8-11-18-12-26-28-31(18)14-19-20-21(34-24(2,3)33-20)22-23(32-19)36-25(4,5)35-22/h6-7,9-10,12-13,19-23H,8,11,14H2,1-5H3/t19-,20+,21+,22-,23-/m1/s1. The van der Waals surface area contributed by atoms with Gasteiger partial charge in [-0.3, -0.25) is 0 Å². The molecule has 36 heavy (non-hydrogen) atoms. The van der Waals surface area contributed by atoms with E-state index in [0.29, 0.717) is 19.4 Å². The second-order valence-electron chi connectivity index (χ2n) is 10.6. The van der Waals surface area contributed by atoms with Gasteiger partial charge >= 0.3 is 0 Å². The highest BCUT2D eigenvalue weighted by atomic mass is 16.9. The van der Waals surface area contributed by atoms with Crippen molar-refractivity contribution in [2.45, 2.75) is 96.3 Å². The molecule has 6 rings (SSSR count). The number of nitrogens with zero attached hydrogens (tertiary/aromatic N) is 6. The molecular weight excluding hydrogens is 464 g/mol. The Hall–Kier alpha value is -2.70. The first-order valence-corrected chi connectivity index (χ1v) is 12.4. The zero-order valence-corrected chi connectivity index (χ0v) is 21.2. The summed E-state index contributed by atoms with van der Waals surface area (Å²) in [4.78, 5) is 0. The zero-order valence-electron chi connectivity index (χ0n) is 21.2. The quantitative estimate of drug-likeness (QED) is 0.508. The van der Waals surface area contributed by atoms with E-state index in [2.05, 4.69) is 39.7 Å². The highest BCUT2D eigenvalue weighted by molar-refractivity contribution is 5.33. The summed E-state index contributed by atoms with van der Waals surface area (Å²) in [6, 6.07) is 8.19. The Morgan fingerprint density at radius 2 is 1.58 bits per heavy atom. The molecule has 3 fully saturated rings. The van der Waals surface area contributed by atoms with Gasteiger partial charge in [0.1, 0.15) is 24.4 Å². The zero-order chi connectivity index (χ0) is 25.1. The van der Waals surface area contributed by atoms with Crippen LogP contribution in [0.15, 0.2) is 36.7 Å². The molecule has 2 aromatic heterocycles. The first kappa shape index (κ1) is 23.7. The number of hydrogen-bond donors (Lipinski definition) is 0. The van der Waals surface area contributed by atoms with Gasteiger partial charge in [-0.25, -0.2) is 9.36 Å². The fourth-order valence-corrected chi connectivity index (χ4v) is 5.13. The molecule has 0 spiro atoms. The van der Waals surface area contributed by atoms with Gasteiger partial charge in [-0.2, -0.15) is 0 Å². The Morgan fingerprint density at radius 1 is 0.861 bits per heavy atom. The summed E-state index contributed by atoms with van der Waals surface area (Å²) in [5.41, 5.74) is 4.06. The van der Waals surface area contributed by atoms with E-state index in [4.69, 9.17) is 23.7 Å². The minimum absolute atomic E-state index is 0.297. The van der Waals surface area contributed by atoms with Crippen molar-refractivity contribution in [1.29, 1.82) is 0 Å². The summed E-state index contributed by atoms with van der Waals surface area (Å²) < 4.78 is 34.6. The van der Waals surface area contributed by atoms with Crippen molar-refractivity contribution in [3.05, 3.63) is 53.6 Å². The second-order valence-corrected chi connectivity index (χ2v) is 10.6. The van der Waals surface area contributed by atoms with Crippen LogP contribution in [0.25, 0.3) is 5.69 Å². The lowest BCUT2D eigenvalue weighted by Gasteiger charge is -2.37. The normalized spacial score (nSPS) is 30.3. The van der Waals surface area contributed by atoms with Crippen molar-refractivity contribution in [3.8, 4) is 5.69 Å². The molecule has 0 bridgehead atoms. The average Bonchev–Trinajstić information content (AvgIpc) is 3.57. The predicted molar refractivity (Wildman–Crippen MR) is 126 cm³/mol. The smallest absolute Gasteiger partial charge is 0.190 e. The van der Waals surface area contributed by atoms with Crippen LogP contribution in [0.5, 0.6) is 0 Å². The predicted octanol–water partition coefficient (Wildman–Crippen LogP) is 2.35. The van der Waals surface area contributed by atoms with Crippen LogP contribution in [0.4, 0.5) is 0 Å². The molecule has 192 valence electrons. The van der Waals surface area contributed by atoms with Crippen LogP contribution in [0.2, 0.25) is 0 Å². The second kappa shape index (κ2) is 8.70. The number of rotatable bonds is 6. The molecule has 0 unspecified atom stereocenters. The van der Waals surface area contributed by atoms with Crippen molar-refractivity contribution >= 4 is 0 Å². The Bertz CT molecular complexity index is 1220. The van der Waals surface area contributed by atoms with E-state index in [1.807, 2.05) is 50.7 Å². The van der Waals surface area contributed by atoms with E-state index in [-0.39, 0.29) is 24.4 Å². The largest absolute Gasteiger partial charge is 0.342 e. The number of ether oxygens (including phenoxy) is 5. The van der Waals surface area contributed by atoms with Crippen molar-refractivity contribution in [3.63, 3.8) is 0 Å². The van der Waals surface area contributed by atoms with Crippen LogP contribution in [0.1, 0.15) is 44.6 Å². The van der Waals surface area contributed by atoms with Crippen LogP contribution < -0.4 is 0 Å². The minimum atomic E-state index is -0.751. The maximum absolute atomic E-state index is 6.34. The fraction of sp³-hybridized carbons (Fsp3) is 0.600. The third-order valence-electron chi connectivity index (χ3n) is 6.78. The Balaban J connectivity index is 1.15. The number of hydrogen-bond acceptors (Lipinski definition) is 9. The van der Waals surface area contributed by atoms with E-state index in [9.17, 15) is 0 Å². The van der Waals surface area contributed by atoms with Crippen LogP contribution in [0, 0.1) is 6.92 Å². The molecule has 0 saturated carbocycles. The van der Waals surface area contributed by atoms with E-state index in [1.54, 1.807) is 10.9 Å². The molecule has 1 aromatic carbocycles. The van der Waals surface area contributed by atoms with Crippen molar-refractivity contribution < 1.29 is 23.7 Å². The molecule has 3 aliphatic rings. The first-order chi connectivity index (χ1) is 17.2. The van der Waals surface area contributed by atoms with E-state index < -0.39 is 17.9 Å². The molecule has 5 heterocycles. The Morgan fingerprint density at radius 3 is 2.39 bits per heavy atom. The monoisotopic (exact) mass is 496 g/mol. The van der Waals surface area contributed by atoms with Crippen molar-refractivity contribution in [2.24, 2.45) is 0 Å². The van der Waals surface area contributed by atoms with Gasteiger partial charge in [-0.15, -0.1) is 10.2 Å². The summed E-state index contributed by atoms with van der Waals surface area (Å²) >= 11 is 0. The molecule has 5 atom stereocenters. The van der Waals surface area contributed by atoms with Gasteiger partial charge in [0.2, 0.25) is 0 Å². The summed E-state index contributed by atoms with van der Waals surface area (Å²) in [6.07, 6.45) is 3.32. The van der Waals surface area contributed by atoms with Crippen molar-refractivity contribution in [2.75, 3.05) is 0 Å². The summed E-state index contributed by atoms with van der Waals surface area (Å²) in [5.74, 6) is -1.49. The molecule has 0 amide bonds. The number of aromatic nitrogens is 6. The van der Waals surface area contributed by atoms with Crippen LogP contribution in [-0.4, -0.2) is 72.3 Å². The maximum Gasteiger partial charge on any atom is 0.190 e. The highest BCUT2D eigenvalue weighted by Gasteiger charge is 2.60. The van der Waals surface area contributed by atoms with Crippen LogP contribution in [-0.2, 0) is 43.1 Å². The van der Waals surface area contributed by atoms with Gasteiger partial charge in [0, 0.05) is 0 Å². The number of aryl methyl sites for hydroxylation is 3. The highest BCUT2D eigenvalue weighted by Crippen LogP contribution is 2.44. The SMILES string of the molecule is Cc1ccc(-n2cc(CCc3cnnn3C[C@H]3O[C@@H]4OC(C)(C)O[C@@H]4[C@H]4OC(C)(C)O[C@H]43)nn2)cc1. The van der Waals surface area contributed by atoms with Gasteiger partial charge in [-0.1, -0.05) is 28.1 Å². The third-order valence-corrected chi connectivity index (χ3v) is 6.78. The number of fused-ring (bicyclic) bond motifs is 3. The van der Waals surface area contributed by atoms with Gasteiger partial charge in [0.05, 0.1) is 36.0 Å². The molecule has 3 aliphatic heterocycles. The lowest BCUT2D eigenvalue weighted by Crippen LogP contribution is -2.56. The average molecular weight is 497 g/mol. The van der Waals surface area contributed by atoms with Gasteiger partial charge < -0.3 is 23.7 Å². The molecule has 11 nitrogen and oxygen atoms in total. The third kappa shape index (κ3) is 4.57. The van der Waals surface area contributed by atoms with E-state index >= 15 is 0 Å². The van der Waals surface area contributed by atoms with Gasteiger partial charge in [-0.05, 0) is 59.6 Å². The van der Waals surface area contributed by atoms with Gasteiger partial charge in [0.15, 0.2) is 17.9 Å². The first-order valence-electron chi connectivity index (χ1n) is 12.4. The Kier molecular flexibility index (Phi) is 5.73. The molecule has 11 heteroatoms. The summed E-state index contributed by atoms with van der Waals surface area (Å²) in [5, 5.41) is 17.1. The molecule has 0 radical (unpaired) electrons. The maximum atomic E-state index is 6.34. The molecule has 0 N–H and O–H groups in total. The molecule has 3 aromatic rings. The number of benzene rings is 1. The van der Waals surface area contributed by atoms with Gasteiger partial charge in [0.25, 0.3) is 0 Å². The van der Waals surface area contributed by atoms with Crippen LogP contribution in [0.3, 0.4) is 0 Å². The Labute approximate surface area is 209 Å².